The lowest BCUT2D eigenvalue weighted by Gasteiger charge is -2.27. The van der Waals surface area contributed by atoms with Gasteiger partial charge in [-0.15, -0.1) is 0 Å². The number of amides is 3. The van der Waals surface area contributed by atoms with Gasteiger partial charge in [0.2, 0.25) is 0 Å². The van der Waals surface area contributed by atoms with E-state index in [0.717, 1.165) is 5.56 Å². The molecule has 2 aliphatic heterocycles. The molecule has 2 aliphatic rings. The van der Waals surface area contributed by atoms with Crippen LogP contribution in [0.3, 0.4) is 0 Å². The van der Waals surface area contributed by atoms with E-state index in [1.54, 1.807) is 47.4 Å². The number of rotatable bonds is 3. The Hall–Kier alpha value is -2.99. The number of carbonyl (C=O) groups excluding carboxylic acids is 3. The second kappa shape index (κ2) is 6.72. The van der Waals surface area contributed by atoms with Crippen LogP contribution in [0.15, 0.2) is 48.5 Å². The topological polar surface area (TPSA) is 66.9 Å². The maximum absolute atomic E-state index is 12.6. The van der Waals surface area contributed by atoms with Crippen LogP contribution in [0.2, 0.25) is 0 Å². The highest BCUT2D eigenvalue weighted by Gasteiger charge is 2.35. The standard InChI is InChI=1S/C20H18N2O4/c23-18(21-8-10-26-11-9-21)15-5-3-4-14(12-15)13-22-19(24)16-6-1-2-7-17(16)20(22)25/h1-7,12H,8-11,13H2. The fraction of sp³-hybridized carbons (Fsp3) is 0.250. The fourth-order valence-corrected chi connectivity index (χ4v) is 3.32. The molecule has 6 nitrogen and oxygen atoms in total. The zero-order valence-electron chi connectivity index (χ0n) is 14.2. The summed E-state index contributed by atoms with van der Waals surface area (Å²) >= 11 is 0. The van der Waals surface area contributed by atoms with Crippen LogP contribution < -0.4 is 0 Å². The van der Waals surface area contributed by atoms with Crippen molar-refractivity contribution >= 4 is 17.7 Å². The molecule has 1 fully saturated rings. The molecule has 26 heavy (non-hydrogen) atoms. The fourth-order valence-electron chi connectivity index (χ4n) is 3.32. The first-order chi connectivity index (χ1) is 12.6. The van der Waals surface area contributed by atoms with Crippen molar-refractivity contribution in [3.63, 3.8) is 0 Å². The van der Waals surface area contributed by atoms with Crippen molar-refractivity contribution in [3.8, 4) is 0 Å². The highest BCUT2D eigenvalue weighted by atomic mass is 16.5. The molecule has 0 N–H and O–H groups in total. The molecule has 3 amide bonds. The van der Waals surface area contributed by atoms with Crippen LogP contribution >= 0.6 is 0 Å². The minimum atomic E-state index is -0.296. The molecule has 1 saturated heterocycles. The van der Waals surface area contributed by atoms with E-state index >= 15 is 0 Å². The van der Waals surface area contributed by atoms with E-state index in [0.29, 0.717) is 43.0 Å². The predicted molar refractivity (Wildman–Crippen MR) is 93.8 cm³/mol. The summed E-state index contributed by atoms with van der Waals surface area (Å²) in [4.78, 5) is 40.6. The monoisotopic (exact) mass is 350 g/mol. The van der Waals surface area contributed by atoms with E-state index in [1.807, 2.05) is 6.07 Å². The Bertz CT molecular complexity index is 852. The Kier molecular flexibility index (Phi) is 4.26. The molecule has 0 bridgehead atoms. The summed E-state index contributed by atoms with van der Waals surface area (Å²) in [5.41, 5.74) is 2.16. The van der Waals surface area contributed by atoms with Gasteiger partial charge in [0.15, 0.2) is 0 Å². The lowest BCUT2D eigenvalue weighted by atomic mass is 10.1. The maximum Gasteiger partial charge on any atom is 0.261 e. The Morgan fingerprint density at radius 1 is 0.923 bits per heavy atom. The van der Waals surface area contributed by atoms with Gasteiger partial charge < -0.3 is 9.64 Å². The average molecular weight is 350 g/mol. The summed E-state index contributed by atoms with van der Waals surface area (Å²) in [5, 5.41) is 0. The average Bonchev–Trinajstić information content (AvgIpc) is 2.93. The van der Waals surface area contributed by atoms with Crippen LogP contribution in [-0.4, -0.2) is 53.8 Å². The molecule has 6 heteroatoms. The van der Waals surface area contributed by atoms with Crippen molar-refractivity contribution in [1.82, 2.24) is 9.80 Å². The van der Waals surface area contributed by atoms with Gasteiger partial charge in [0.05, 0.1) is 30.9 Å². The van der Waals surface area contributed by atoms with Gasteiger partial charge in [0.25, 0.3) is 17.7 Å². The quantitative estimate of drug-likeness (QED) is 0.794. The zero-order valence-corrected chi connectivity index (χ0v) is 14.2. The maximum atomic E-state index is 12.6. The second-order valence-electron chi connectivity index (χ2n) is 6.35. The van der Waals surface area contributed by atoms with E-state index in [-0.39, 0.29) is 24.3 Å². The lowest BCUT2D eigenvalue weighted by Crippen LogP contribution is -2.40. The minimum absolute atomic E-state index is 0.0579. The minimum Gasteiger partial charge on any atom is -0.378 e. The van der Waals surface area contributed by atoms with Gasteiger partial charge in [-0.2, -0.15) is 0 Å². The van der Waals surface area contributed by atoms with Crippen LogP contribution in [0.1, 0.15) is 36.6 Å². The van der Waals surface area contributed by atoms with Crippen molar-refractivity contribution in [2.45, 2.75) is 6.54 Å². The molecule has 2 aromatic rings. The van der Waals surface area contributed by atoms with Crippen molar-refractivity contribution in [3.05, 3.63) is 70.8 Å². The Morgan fingerprint density at radius 3 is 2.23 bits per heavy atom. The van der Waals surface area contributed by atoms with Gasteiger partial charge in [0, 0.05) is 18.7 Å². The summed E-state index contributed by atoms with van der Waals surface area (Å²) in [7, 11) is 0. The van der Waals surface area contributed by atoms with E-state index in [2.05, 4.69) is 0 Å². The van der Waals surface area contributed by atoms with Crippen molar-refractivity contribution < 1.29 is 19.1 Å². The van der Waals surface area contributed by atoms with Crippen LogP contribution in [0.25, 0.3) is 0 Å². The number of imide groups is 1. The third kappa shape index (κ3) is 2.88. The number of nitrogens with zero attached hydrogens (tertiary/aromatic N) is 2. The first-order valence-corrected chi connectivity index (χ1v) is 8.56. The first-order valence-electron chi connectivity index (χ1n) is 8.56. The summed E-state index contributed by atoms with van der Waals surface area (Å²) in [6.07, 6.45) is 0. The second-order valence-corrected chi connectivity index (χ2v) is 6.35. The van der Waals surface area contributed by atoms with Gasteiger partial charge in [-0.05, 0) is 29.8 Å². The third-order valence-electron chi connectivity index (χ3n) is 4.69. The summed E-state index contributed by atoms with van der Waals surface area (Å²) in [5.74, 6) is -0.650. The molecule has 2 heterocycles. The van der Waals surface area contributed by atoms with E-state index < -0.39 is 0 Å². The van der Waals surface area contributed by atoms with Gasteiger partial charge in [0.1, 0.15) is 0 Å². The highest BCUT2D eigenvalue weighted by molar-refractivity contribution is 6.21. The van der Waals surface area contributed by atoms with Crippen LogP contribution in [0.5, 0.6) is 0 Å². The van der Waals surface area contributed by atoms with Gasteiger partial charge >= 0.3 is 0 Å². The normalized spacial score (nSPS) is 16.8. The van der Waals surface area contributed by atoms with Crippen molar-refractivity contribution in [2.75, 3.05) is 26.3 Å². The number of ether oxygens (including phenoxy) is 1. The number of benzene rings is 2. The Labute approximate surface area is 151 Å². The Morgan fingerprint density at radius 2 is 1.58 bits per heavy atom. The molecule has 0 unspecified atom stereocenters. The molecule has 4 rings (SSSR count). The van der Waals surface area contributed by atoms with Crippen molar-refractivity contribution in [2.24, 2.45) is 0 Å². The van der Waals surface area contributed by atoms with Gasteiger partial charge in [-0.25, -0.2) is 0 Å². The number of carbonyl (C=O) groups is 3. The van der Waals surface area contributed by atoms with Crippen LogP contribution in [0.4, 0.5) is 0 Å². The largest absolute Gasteiger partial charge is 0.378 e. The Balaban J connectivity index is 1.54. The van der Waals surface area contributed by atoms with E-state index in [9.17, 15) is 14.4 Å². The van der Waals surface area contributed by atoms with Crippen LogP contribution in [0, 0.1) is 0 Å². The van der Waals surface area contributed by atoms with Gasteiger partial charge in [-0.3, -0.25) is 19.3 Å². The first kappa shape index (κ1) is 16.5. The molecule has 0 saturated carbocycles. The smallest absolute Gasteiger partial charge is 0.261 e. The zero-order chi connectivity index (χ0) is 18.1. The van der Waals surface area contributed by atoms with E-state index in [1.165, 1.54) is 4.90 Å². The SMILES string of the molecule is O=C(c1cccc(CN2C(=O)c3ccccc3C2=O)c1)N1CCOCC1. The number of morpholine rings is 1. The summed E-state index contributed by atoms with van der Waals surface area (Å²) in [6.45, 7) is 2.38. The molecule has 0 aromatic heterocycles. The molecule has 0 atom stereocenters. The van der Waals surface area contributed by atoms with Gasteiger partial charge in [-0.1, -0.05) is 24.3 Å². The summed E-state index contributed by atoms with van der Waals surface area (Å²) < 4.78 is 5.28. The molecule has 0 radical (unpaired) electrons. The molecule has 0 aliphatic carbocycles. The predicted octanol–water partition coefficient (Wildman–Crippen LogP) is 1.96. The molecular formula is C20H18N2O4. The number of fused-ring (bicyclic) bond motifs is 1. The molecule has 0 spiro atoms. The van der Waals surface area contributed by atoms with E-state index in [4.69, 9.17) is 4.74 Å². The van der Waals surface area contributed by atoms with Crippen LogP contribution in [-0.2, 0) is 11.3 Å². The number of hydrogen-bond acceptors (Lipinski definition) is 4. The summed E-state index contributed by atoms with van der Waals surface area (Å²) in [6, 6.07) is 13.9. The number of hydrogen-bond donors (Lipinski definition) is 0. The molecule has 132 valence electrons. The third-order valence-corrected chi connectivity index (χ3v) is 4.69. The lowest BCUT2D eigenvalue weighted by molar-refractivity contribution is 0.0303. The molecule has 2 aromatic carbocycles. The molecular weight excluding hydrogens is 332 g/mol. The highest BCUT2D eigenvalue weighted by Crippen LogP contribution is 2.24. The van der Waals surface area contributed by atoms with Crippen molar-refractivity contribution in [1.29, 1.82) is 0 Å².